The smallest absolute Gasteiger partial charge is 0.305 e. The van der Waals surface area contributed by atoms with Crippen LogP contribution in [0.2, 0.25) is 0 Å². The van der Waals surface area contributed by atoms with Crippen LogP contribution in [0.5, 0.6) is 0 Å². The third-order valence-electron chi connectivity index (χ3n) is 3.72. The Morgan fingerprint density at radius 3 is 2.33 bits per heavy atom. The molecule has 0 aromatic rings. The molecule has 0 amide bonds. The zero-order valence-corrected chi connectivity index (χ0v) is 15.5. The van der Waals surface area contributed by atoms with Crippen LogP contribution in [0.15, 0.2) is 0 Å². The molecule has 0 aliphatic heterocycles. The van der Waals surface area contributed by atoms with Gasteiger partial charge in [-0.1, -0.05) is 26.2 Å². The Bertz CT molecular complexity index is 367. The molecule has 0 rings (SSSR count). The van der Waals surface area contributed by atoms with Gasteiger partial charge in [-0.2, -0.15) is 0 Å². The van der Waals surface area contributed by atoms with Crippen LogP contribution in [-0.4, -0.2) is 74.6 Å². The zero-order valence-electron chi connectivity index (χ0n) is 15.5. The molecule has 0 fully saturated rings. The van der Waals surface area contributed by atoms with Crippen molar-refractivity contribution < 1.29 is 33.8 Å². The van der Waals surface area contributed by atoms with Gasteiger partial charge in [0.1, 0.15) is 18.8 Å². The van der Waals surface area contributed by atoms with E-state index in [1.165, 1.54) is 0 Å². The lowest BCUT2D eigenvalue weighted by atomic mass is 10.1. The average molecular weight is 347 g/mol. The van der Waals surface area contributed by atoms with Gasteiger partial charge >= 0.3 is 5.97 Å². The molecule has 0 heterocycles. The molecule has 0 aliphatic carbocycles. The van der Waals surface area contributed by atoms with Gasteiger partial charge in [0.2, 0.25) is 0 Å². The number of carbonyl (C=O) groups excluding carboxylic acids is 2. The first kappa shape index (κ1) is 22.8. The van der Waals surface area contributed by atoms with Crippen molar-refractivity contribution in [1.82, 2.24) is 0 Å². The van der Waals surface area contributed by atoms with Crippen LogP contribution in [0, 0.1) is 0 Å². The van der Waals surface area contributed by atoms with E-state index in [2.05, 4.69) is 6.92 Å². The molecule has 0 spiro atoms. The predicted molar refractivity (Wildman–Crippen MR) is 88.0 cm³/mol. The fourth-order valence-corrected chi connectivity index (χ4v) is 2.24. The minimum Gasteiger partial charge on any atom is -0.544 e. The molecular formula is C17H33NO6. The van der Waals surface area contributed by atoms with Gasteiger partial charge < -0.3 is 29.0 Å². The normalized spacial score (nSPS) is 14.2. The SMILES string of the molecule is CCCCCCC(=O)OCC(O)COCCC(C(=O)[O-])[N+](C)(C)C. The van der Waals surface area contributed by atoms with Crippen molar-refractivity contribution in [2.75, 3.05) is 41.0 Å². The number of aliphatic carboxylic acids is 1. The molecule has 142 valence electrons. The standard InChI is InChI=1S/C17H33NO6/c1-5-6-7-8-9-16(20)24-13-14(19)12-23-11-10-15(17(21)22)18(2,3)4/h14-15,19H,5-13H2,1-4H3. The third-order valence-corrected chi connectivity index (χ3v) is 3.72. The van der Waals surface area contributed by atoms with Crippen molar-refractivity contribution >= 4 is 11.9 Å². The Kier molecular flexibility index (Phi) is 11.6. The summed E-state index contributed by atoms with van der Waals surface area (Å²) < 4.78 is 10.5. The van der Waals surface area contributed by atoms with E-state index in [9.17, 15) is 19.8 Å². The van der Waals surface area contributed by atoms with Crippen LogP contribution in [0.25, 0.3) is 0 Å². The fourth-order valence-electron chi connectivity index (χ4n) is 2.24. The first-order valence-electron chi connectivity index (χ1n) is 8.61. The number of carboxylic acid groups (broad SMARTS) is 1. The number of unbranched alkanes of at least 4 members (excludes halogenated alkanes) is 3. The second kappa shape index (κ2) is 12.2. The molecule has 0 bridgehead atoms. The van der Waals surface area contributed by atoms with E-state index in [1.807, 2.05) is 0 Å². The molecule has 0 aliphatic rings. The quantitative estimate of drug-likeness (QED) is 0.272. The van der Waals surface area contributed by atoms with Crippen LogP contribution < -0.4 is 5.11 Å². The van der Waals surface area contributed by atoms with Crippen LogP contribution >= 0.6 is 0 Å². The third kappa shape index (κ3) is 11.4. The van der Waals surface area contributed by atoms with E-state index in [4.69, 9.17) is 9.47 Å². The van der Waals surface area contributed by atoms with Gasteiger partial charge in [0, 0.05) is 12.8 Å². The lowest BCUT2D eigenvalue weighted by Gasteiger charge is -2.34. The van der Waals surface area contributed by atoms with Crippen molar-refractivity contribution in [2.45, 2.75) is 57.6 Å². The highest BCUT2D eigenvalue weighted by Crippen LogP contribution is 2.07. The molecular weight excluding hydrogens is 314 g/mol. The van der Waals surface area contributed by atoms with Gasteiger partial charge in [0.15, 0.2) is 0 Å². The summed E-state index contributed by atoms with van der Waals surface area (Å²) in [5.41, 5.74) is 0. The lowest BCUT2D eigenvalue weighted by molar-refractivity contribution is -0.889. The maximum absolute atomic E-state index is 11.5. The van der Waals surface area contributed by atoms with Gasteiger partial charge in [0.05, 0.1) is 40.3 Å². The minimum absolute atomic E-state index is 0.0000250. The molecule has 0 saturated carbocycles. The summed E-state index contributed by atoms with van der Waals surface area (Å²) in [5.74, 6) is -1.43. The number of carboxylic acids is 1. The van der Waals surface area contributed by atoms with Crippen molar-refractivity contribution in [3.8, 4) is 0 Å². The number of carbonyl (C=O) groups is 2. The maximum Gasteiger partial charge on any atom is 0.305 e. The van der Waals surface area contributed by atoms with Gasteiger partial charge in [-0.05, 0) is 6.42 Å². The second-order valence-corrected chi connectivity index (χ2v) is 6.96. The molecule has 1 N–H and O–H groups in total. The number of rotatable bonds is 14. The van der Waals surface area contributed by atoms with Crippen LogP contribution in [-0.2, 0) is 19.1 Å². The highest BCUT2D eigenvalue weighted by Gasteiger charge is 2.24. The number of nitrogens with zero attached hydrogens (tertiary/aromatic N) is 1. The molecule has 0 aromatic carbocycles. The molecule has 7 heteroatoms. The first-order chi connectivity index (χ1) is 11.2. The topological polar surface area (TPSA) is 95.9 Å². The minimum atomic E-state index is -1.12. The summed E-state index contributed by atoms with van der Waals surface area (Å²) in [7, 11) is 5.32. The number of aliphatic hydroxyl groups is 1. The Morgan fingerprint density at radius 1 is 1.12 bits per heavy atom. The number of quaternary nitrogens is 1. The lowest BCUT2D eigenvalue weighted by Crippen LogP contribution is -2.55. The Balaban J connectivity index is 3.81. The number of esters is 1. The van der Waals surface area contributed by atoms with Crippen LogP contribution in [0.4, 0.5) is 0 Å². The first-order valence-corrected chi connectivity index (χ1v) is 8.61. The molecule has 24 heavy (non-hydrogen) atoms. The predicted octanol–water partition coefficient (Wildman–Crippen LogP) is 0.0923. The Hall–Kier alpha value is -1.18. The monoisotopic (exact) mass is 347 g/mol. The van der Waals surface area contributed by atoms with Crippen LogP contribution in [0.1, 0.15) is 45.4 Å². The average Bonchev–Trinajstić information content (AvgIpc) is 2.47. The largest absolute Gasteiger partial charge is 0.544 e. The van der Waals surface area contributed by atoms with Gasteiger partial charge in [-0.15, -0.1) is 0 Å². The van der Waals surface area contributed by atoms with Crippen LogP contribution in [0.3, 0.4) is 0 Å². The summed E-state index contributed by atoms with van der Waals surface area (Å²) in [6, 6.07) is -0.678. The molecule has 2 unspecified atom stereocenters. The van der Waals surface area contributed by atoms with E-state index >= 15 is 0 Å². The summed E-state index contributed by atoms with van der Waals surface area (Å²) in [5, 5.41) is 20.8. The Labute approximate surface area is 145 Å². The number of likely N-dealkylation sites (N-methyl/N-ethyl adjacent to an activating group) is 1. The highest BCUT2D eigenvalue weighted by molar-refractivity contribution is 5.69. The second-order valence-electron chi connectivity index (χ2n) is 6.96. The molecule has 0 saturated heterocycles. The summed E-state index contributed by atoms with van der Waals surface area (Å²) >= 11 is 0. The number of aliphatic hydroxyl groups excluding tert-OH is 1. The van der Waals surface area contributed by atoms with Gasteiger partial charge in [-0.25, -0.2) is 0 Å². The summed E-state index contributed by atoms with van der Waals surface area (Å²) in [6.45, 7) is 2.19. The number of ether oxygens (including phenoxy) is 2. The summed E-state index contributed by atoms with van der Waals surface area (Å²) in [6.07, 6.45) is 3.76. The van der Waals surface area contributed by atoms with E-state index in [0.29, 0.717) is 6.42 Å². The highest BCUT2D eigenvalue weighted by atomic mass is 16.5. The van der Waals surface area contributed by atoms with Gasteiger partial charge in [0.25, 0.3) is 0 Å². The van der Waals surface area contributed by atoms with E-state index in [0.717, 1.165) is 25.7 Å². The molecule has 0 radical (unpaired) electrons. The van der Waals surface area contributed by atoms with E-state index in [-0.39, 0.29) is 36.7 Å². The molecule has 7 nitrogen and oxygen atoms in total. The maximum atomic E-state index is 11.5. The number of hydrogen-bond acceptors (Lipinski definition) is 6. The van der Waals surface area contributed by atoms with Crippen molar-refractivity contribution in [2.24, 2.45) is 0 Å². The van der Waals surface area contributed by atoms with Crippen molar-refractivity contribution in [1.29, 1.82) is 0 Å². The van der Waals surface area contributed by atoms with Crippen molar-refractivity contribution in [3.63, 3.8) is 0 Å². The van der Waals surface area contributed by atoms with Crippen molar-refractivity contribution in [3.05, 3.63) is 0 Å². The summed E-state index contributed by atoms with van der Waals surface area (Å²) in [4.78, 5) is 22.6. The van der Waals surface area contributed by atoms with E-state index < -0.39 is 18.1 Å². The van der Waals surface area contributed by atoms with E-state index in [1.54, 1.807) is 21.1 Å². The zero-order chi connectivity index (χ0) is 18.6. The molecule has 0 aromatic heterocycles. The Morgan fingerprint density at radius 2 is 1.79 bits per heavy atom. The van der Waals surface area contributed by atoms with Gasteiger partial charge in [-0.3, -0.25) is 4.79 Å². The molecule has 2 atom stereocenters. The fraction of sp³-hybridized carbons (Fsp3) is 0.882. The number of hydrogen-bond donors (Lipinski definition) is 1.